The van der Waals surface area contributed by atoms with Crippen LogP contribution in [0.25, 0.3) is 11.0 Å². The molecule has 2 nitrogen and oxygen atoms in total. The van der Waals surface area contributed by atoms with E-state index in [2.05, 4.69) is 15.9 Å². The standard InChI is InChI=1S/C8H5BrFNO/c9-4-1-5-7(11)3-12-8(5)6(10)2-4/h1-3H,11H2. The zero-order valence-corrected chi connectivity index (χ0v) is 7.56. The molecule has 0 atom stereocenters. The van der Waals surface area contributed by atoms with Crippen molar-refractivity contribution < 1.29 is 8.81 Å². The summed E-state index contributed by atoms with van der Waals surface area (Å²) in [5.74, 6) is -0.406. The summed E-state index contributed by atoms with van der Waals surface area (Å²) in [6.07, 6.45) is 1.33. The maximum absolute atomic E-state index is 13.1. The first-order chi connectivity index (χ1) is 5.68. The number of anilines is 1. The molecule has 12 heavy (non-hydrogen) atoms. The number of halogens is 2. The van der Waals surface area contributed by atoms with Gasteiger partial charge in [0.25, 0.3) is 0 Å². The van der Waals surface area contributed by atoms with Crippen LogP contribution in [-0.2, 0) is 0 Å². The first-order valence-electron chi connectivity index (χ1n) is 3.30. The lowest BCUT2D eigenvalue weighted by Gasteiger charge is -1.93. The highest BCUT2D eigenvalue weighted by Crippen LogP contribution is 2.28. The third kappa shape index (κ3) is 0.992. The van der Waals surface area contributed by atoms with E-state index < -0.39 is 5.82 Å². The minimum Gasteiger partial charge on any atom is -0.459 e. The summed E-state index contributed by atoms with van der Waals surface area (Å²) in [7, 11) is 0. The predicted molar refractivity (Wildman–Crippen MR) is 48.3 cm³/mol. The molecule has 0 aliphatic rings. The van der Waals surface area contributed by atoms with Crippen LogP contribution in [0.4, 0.5) is 10.1 Å². The molecule has 2 rings (SSSR count). The van der Waals surface area contributed by atoms with Gasteiger partial charge in [-0.1, -0.05) is 15.9 Å². The monoisotopic (exact) mass is 229 g/mol. The van der Waals surface area contributed by atoms with Crippen LogP contribution in [0.2, 0.25) is 0 Å². The molecule has 62 valence electrons. The minimum atomic E-state index is -0.406. The summed E-state index contributed by atoms with van der Waals surface area (Å²) in [6.45, 7) is 0. The van der Waals surface area contributed by atoms with Crippen LogP contribution < -0.4 is 5.73 Å². The molecule has 0 fully saturated rings. The predicted octanol–water partition coefficient (Wildman–Crippen LogP) is 2.92. The van der Waals surface area contributed by atoms with Crippen molar-refractivity contribution in [1.29, 1.82) is 0 Å². The molecule has 0 amide bonds. The van der Waals surface area contributed by atoms with Crippen LogP contribution in [0.3, 0.4) is 0 Å². The van der Waals surface area contributed by atoms with Gasteiger partial charge in [-0.25, -0.2) is 4.39 Å². The molecule has 1 aromatic carbocycles. The fourth-order valence-corrected chi connectivity index (χ4v) is 1.51. The Bertz CT molecular complexity index is 438. The van der Waals surface area contributed by atoms with Gasteiger partial charge < -0.3 is 10.2 Å². The van der Waals surface area contributed by atoms with Crippen LogP contribution in [0.5, 0.6) is 0 Å². The zero-order valence-electron chi connectivity index (χ0n) is 5.97. The Morgan fingerprint density at radius 2 is 2.17 bits per heavy atom. The van der Waals surface area contributed by atoms with Crippen molar-refractivity contribution in [2.45, 2.75) is 0 Å². The molecule has 0 saturated heterocycles. The van der Waals surface area contributed by atoms with Gasteiger partial charge in [-0.2, -0.15) is 0 Å². The Kier molecular flexibility index (Phi) is 1.58. The summed E-state index contributed by atoms with van der Waals surface area (Å²) in [4.78, 5) is 0. The number of fused-ring (bicyclic) bond motifs is 1. The zero-order chi connectivity index (χ0) is 8.72. The second kappa shape index (κ2) is 2.48. The first kappa shape index (κ1) is 7.61. The molecular weight excluding hydrogens is 225 g/mol. The average Bonchev–Trinajstić information content (AvgIpc) is 2.33. The lowest BCUT2D eigenvalue weighted by atomic mass is 10.2. The van der Waals surface area contributed by atoms with E-state index in [1.54, 1.807) is 6.07 Å². The van der Waals surface area contributed by atoms with Gasteiger partial charge in [0, 0.05) is 9.86 Å². The van der Waals surface area contributed by atoms with E-state index in [1.165, 1.54) is 12.3 Å². The van der Waals surface area contributed by atoms with E-state index in [0.29, 0.717) is 15.5 Å². The van der Waals surface area contributed by atoms with Crippen LogP contribution in [-0.4, -0.2) is 0 Å². The number of furan rings is 1. The van der Waals surface area contributed by atoms with Crippen molar-refractivity contribution >= 4 is 32.6 Å². The van der Waals surface area contributed by atoms with Gasteiger partial charge in [0.15, 0.2) is 11.4 Å². The number of nitrogen functional groups attached to an aromatic ring is 1. The van der Waals surface area contributed by atoms with E-state index in [4.69, 9.17) is 10.2 Å². The van der Waals surface area contributed by atoms with Gasteiger partial charge in [-0.3, -0.25) is 0 Å². The Hall–Kier alpha value is -1.03. The van der Waals surface area contributed by atoms with Gasteiger partial charge in [0.2, 0.25) is 0 Å². The largest absolute Gasteiger partial charge is 0.459 e. The van der Waals surface area contributed by atoms with Crippen molar-refractivity contribution in [3.05, 3.63) is 28.7 Å². The van der Waals surface area contributed by atoms with E-state index >= 15 is 0 Å². The van der Waals surface area contributed by atoms with Crippen LogP contribution in [0.1, 0.15) is 0 Å². The smallest absolute Gasteiger partial charge is 0.171 e. The minimum absolute atomic E-state index is 0.204. The van der Waals surface area contributed by atoms with Gasteiger partial charge in [0.1, 0.15) is 6.26 Å². The van der Waals surface area contributed by atoms with Gasteiger partial charge in [-0.05, 0) is 12.1 Å². The van der Waals surface area contributed by atoms with Gasteiger partial charge in [-0.15, -0.1) is 0 Å². The topological polar surface area (TPSA) is 39.2 Å². The molecular formula is C8H5BrFNO. The Balaban J connectivity index is 2.92. The molecule has 0 aliphatic heterocycles. The summed E-state index contributed by atoms with van der Waals surface area (Å²) in [5.41, 5.74) is 6.19. The summed E-state index contributed by atoms with van der Waals surface area (Å²) >= 11 is 3.16. The molecule has 0 aliphatic carbocycles. The lowest BCUT2D eigenvalue weighted by molar-refractivity contribution is 0.560. The Morgan fingerprint density at radius 3 is 2.92 bits per heavy atom. The molecule has 4 heteroatoms. The summed E-state index contributed by atoms with van der Waals surface area (Å²) in [6, 6.07) is 3.06. The second-order valence-electron chi connectivity index (χ2n) is 2.46. The molecule has 0 saturated carbocycles. The Morgan fingerprint density at radius 1 is 1.42 bits per heavy atom. The molecule has 2 aromatic rings. The second-order valence-corrected chi connectivity index (χ2v) is 3.37. The third-order valence-corrected chi connectivity index (χ3v) is 2.08. The van der Waals surface area contributed by atoms with E-state index in [1.807, 2.05) is 0 Å². The molecule has 0 radical (unpaired) electrons. The first-order valence-corrected chi connectivity index (χ1v) is 4.09. The highest BCUT2D eigenvalue weighted by Gasteiger charge is 2.08. The quantitative estimate of drug-likeness (QED) is 0.755. The number of hydrogen-bond donors (Lipinski definition) is 1. The highest BCUT2D eigenvalue weighted by molar-refractivity contribution is 9.10. The lowest BCUT2D eigenvalue weighted by Crippen LogP contribution is -1.81. The van der Waals surface area contributed by atoms with E-state index in [9.17, 15) is 4.39 Å². The molecule has 0 bridgehead atoms. The fourth-order valence-electron chi connectivity index (χ4n) is 1.08. The summed E-state index contributed by atoms with van der Waals surface area (Å²) < 4.78 is 18.6. The van der Waals surface area contributed by atoms with E-state index in [0.717, 1.165) is 0 Å². The van der Waals surface area contributed by atoms with Crippen molar-refractivity contribution in [1.82, 2.24) is 0 Å². The fraction of sp³-hybridized carbons (Fsp3) is 0. The average molecular weight is 230 g/mol. The molecule has 0 unspecified atom stereocenters. The van der Waals surface area contributed by atoms with Gasteiger partial charge >= 0.3 is 0 Å². The molecule has 1 aromatic heterocycles. The van der Waals surface area contributed by atoms with Gasteiger partial charge in [0.05, 0.1) is 5.69 Å². The number of hydrogen-bond acceptors (Lipinski definition) is 2. The molecule has 0 spiro atoms. The van der Waals surface area contributed by atoms with Crippen molar-refractivity contribution in [3.63, 3.8) is 0 Å². The number of rotatable bonds is 0. The Labute approximate surface area is 76.3 Å². The van der Waals surface area contributed by atoms with Crippen LogP contribution in [0.15, 0.2) is 27.3 Å². The normalized spacial score (nSPS) is 10.8. The summed E-state index contributed by atoms with van der Waals surface area (Å²) in [5, 5.41) is 0.599. The van der Waals surface area contributed by atoms with Crippen molar-refractivity contribution in [2.24, 2.45) is 0 Å². The highest BCUT2D eigenvalue weighted by atomic mass is 79.9. The van der Waals surface area contributed by atoms with Crippen LogP contribution in [0, 0.1) is 5.82 Å². The van der Waals surface area contributed by atoms with Crippen LogP contribution >= 0.6 is 15.9 Å². The van der Waals surface area contributed by atoms with Crippen molar-refractivity contribution in [2.75, 3.05) is 5.73 Å². The third-order valence-electron chi connectivity index (χ3n) is 1.62. The maximum atomic E-state index is 13.1. The van der Waals surface area contributed by atoms with Crippen molar-refractivity contribution in [3.8, 4) is 0 Å². The van der Waals surface area contributed by atoms with E-state index in [-0.39, 0.29) is 5.58 Å². The maximum Gasteiger partial charge on any atom is 0.171 e. The number of nitrogens with two attached hydrogens (primary N) is 1. The molecule has 1 heterocycles. The molecule has 2 N–H and O–H groups in total. The SMILES string of the molecule is Nc1coc2c(F)cc(Br)cc12. The number of benzene rings is 1.